The summed E-state index contributed by atoms with van der Waals surface area (Å²) < 4.78 is 0. The van der Waals surface area contributed by atoms with E-state index < -0.39 is 4.92 Å². The van der Waals surface area contributed by atoms with Crippen LogP contribution in [0.3, 0.4) is 0 Å². The minimum atomic E-state index is -0.505. The van der Waals surface area contributed by atoms with Crippen LogP contribution < -0.4 is 10.6 Å². The molecule has 2 N–H and O–H groups in total. The van der Waals surface area contributed by atoms with Crippen LogP contribution in [-0.4, -0.2) is 29.0 Å². The van der Waals surface area contributed by atoms with E-state index in [1.165, 1.54) is 12.1 Å². The number of nitro groups is 1. The Balaban J connectivity index is 0.000000677. The van der Waals surface area contributed by atoms with E-state index in [1.807, 2.05) is 20.2 Å². The molecule has 0 amide bonds. The SMILES string of the molecule is CNC.O=[N+]([O-])c1ccc(Cl)nc1NCc1cccnc1. The largest absolute Gasteiger partial charge is 0.360 e. The Kier molecular flexibility index (Phi) is 7.06. The standard InChI is InChI=1S/C11H9ClN4O2.C2H7N/c12-10-4-3-9(16(17)18)11(15-10)14-7-8-2-1-5-13-6-8;1-3-2/h1-6H,7H2,(H,14,15);3H,1-2H3. The number of pyridine rings is 2. The van der Waals surface area contributed by atoms with Gasteiger partial charge in [0.05, 0.1) is 4.92 Å². The predicted octanol–water partition coefficient (Wildman–Crippen LogP) is 2.49. The summed E-state index contributed by atoms with van der Waals surface area (Å²) in [7, 11) is 3.75. The Hall–Kier alpha value is -2.25. The Morgan fingerprint density at radius 3 is 2.62 bits per heavy atom. The molecule has 0 bridgehead atoms. The predicted molar refractivity (Wildman–Crippen MR) is 82.4 cm³/mol. The van der Waals surface area contributed by atoms with E-state index >= 15 is 0 Å². The van der Waals surface area contributed by atoms with Gasteiger partial charge in [-0.1, -0.05) is 17.7 Å². The van der Waals surface area contributed by atoms with Gasteiger partial charge in [0.1, 0.15) is 5.15 Å². The van der Waals surface area contributed by atoms with Crippen LogP contribution in [0.1, 0.15) is 5.56 Å². The first-order valence-corrected chi connectivity index (χ1v) is 6.48. The molecule has 2 aromatic heterocycles. The molecule has 0 aliphatic heterocycles. The van der Waals surface area contributed by atoms with E-state index in [-0.39, 0.29) is 16.7 Å². The fourth-order valence-corrected chi connectivity index (χ4v) is 1.54. The number of hydrogen-bond donors (Lipinski definition) is 2. The second-order valence-corrected chi connectivity index (χ2v) is 4.36. The van der Waals surface area contributed by atoms with Gasteiger partial charge in [0.25, 0.3) is 0 Å². The minimum absolute atomic E-state index is 0.108. The molecule has 2 heterocycles. The van der Waals surface area contributed by atoms with Crippen molar-refractivity contribution in [3.63, 3.8) is 0 Å². The smallest absolute Gasteiger partial charge is 0.311 e. The van der Waals surface area contributed by atoms with Gasteiger partial charge in [0.15, 0.2) is 0 Å². The summed E-state index contributed by atoms with van der Waals surface area (Å²) in [6.45, 7) is 0.391. The molecule has 0 aliphatic carbocycles. The summed E-state index contributed by atoms with van der Waals surface area (Å²) in [4.78, 5) is 18.2. The summed E-state index contributed by atoms with van der Waals surface area (Å²) >= 11 is 5.72. The van der Waals surface area contributed by atoms with Crippen molar-refractivity contribution in [2.75, 3.05) is 19.4 Å². The van der Waals surface area contributed by atoms with Crippen molar-refractivity contribution < 1.29 is 4.92 Å². The zero-order valence-electron chi connectivity index (χ0n) is 11.7. The molecule has 0 saturated heterocycles. The summed E-state index contributed by atoms with van der Waals surface area (Å²) in [5.41, 5.74) is 0.789. The fraction of sp³-hybridized carbons (Fsp3) is 0.231. The Morgan fingerprint density at radius 1 is 1.33 bits per heavy atom. The van der Waals surface area contributed by atoms with Gasteiger partial charge in [-0.05, 0) is 31.8 Å². The van der Waals surface area contributed by atoms with Gasteiger partial charge in [-0.15, -0.1) is 0 Å². The second-order valence-electron chi connectivity index (χ2n) is 3.97. The molecule has 2 aromatic rings. The number of nitrogens with zero attached hydrogens (tertiary/aromatic N) is 3. The number of anilines is 1. The first kappa shape index (κ1) is 16.8. The molecule has 2 rings (SSSR count). The molecular weight excluding hydrogens is 294 g/mol. The maximum absolute atomic E-state index is 10.8. The molecule has 0 saturated carbocycles. The molecule has 8 heteroatoms. The van der Waals surface area contributed by atoms with E-state index in [0.717, 1.165) is 5.56 Å². The summed E-state index contributed by atoms with van der Waals surface area (Å²) in [5.74, 6) is 0.149. The van der Waals surface area contributed by atoms with Crippen LogP contribution in [0, 0.1) is 10.1 Å². The lowest BCUT2D eigenvalue weighted by Crippen LogP contribution is -2.04. The molecule has 0 aromatic carbocycles. The van der Waals surface area contributed by atoms with Crippen LogP contribution >= 0.6 is 11.6 Å². The topological polar surface area (TPSA) is 93.0 Å². The second kappa shape index (κ2) is 8.83. The third-order valence-corrected chi connectivity index (χ3v) is 2.43. The van der Waals surface area contributed by atoms with Crippen LogP contribution in [0.2, 0.25) is 5.15 Å². The highest BCUT2D eigenvalue weighted by molar-refractivity contribution is 6.29. The maximum atomic E-state index is 10.8. The monoisotopic (exact) mass is 309 g/mol. The molecule has 0 unspecified atom stereocenters. The van der Waals surface area contributed by atoms with Crippen molar-refractivity contribution in [3.8, 4) is 0 Å². The van der Waals surface area contributed by atoms with Gasteiger partial charge in [-0.2, -0.15) is 0 Å². The third kappa shape index (κ3) is 5.72. The van der Waals surface area contributed by atoms with Crippen LogP contribution in [0.15, 0.2) is 36.7 Å². The van der Waals surface area contributed by atoms with Crippen molar-refractivity contribution in [3.05, 3.63) is 57.5 Å². The third-order valence-electron chi connectivity index (χ3n) is 2.22. The van der Waals surface area contributed by atoms with Crippen LogP contribution in [0.5, 0.6) is 0 Å². The number of nitrogens with one attached hydrogen (secondary N) is 2. The number of halogens is 1. The highest BCUT2D eigenvalue weighted by Gasteiger charge is 2.15. The fourth-order valence-electron chi connectivity index (χ4n) is 1.39. The van der Waals surface area contributed by atoms with Gasteiger partial charge < -0.3 is 10.6 Å². The summed E-state index contributed by atoms with van der Waals surface area (Å²) in [6.07, 6.45) is 3.33. The number of hydrogen-bond acceptors (Lipinski definition) is 6. The van der Waals surface area contributed by atoms with Gasteiger partial charge in [0, 0.05) is 25.0 Å². The molecule has 0 atom stereocenters. The average molecular weight is 310 g/mol. The zero-order valence-corrected chi connectivity index (χ0v) is 12.5. The highest BCUT2D eigenvalue weighted by atomic mass is 35.5. The van der Waals surface area contributed by atoms with Gasteiger partial charge in [-0.25, -0.2) is 4.98 Å². The Bertz CT molecular complexity index is 580. The van der Waals surface area contributed by atoms with E-state index in [1.54, 1.807) is 18.5 Å². The molecule has 0 fully saturated rings. The maximum Gasteiger partial charge on any atom is 0.311 e. The van der Waals surface area contributed by atoms with Crippen LogP contribution in [0.4, 0.5) is 11.5 Å². The average Bonchev–Trinajstić information content (AvgIpc) is 2.47. The lowest BCUT2D eigenvalue weighted by atomic mass is 10.3. The molecule has 0 aliphatic rings. The number of rotatable bonds is 4. The van der Waals surface area contributed by atoms with E-state index in [4.69, 9.17) is 11.6 Å². The molecule has 21 heavy (non-hydrogen) atoms. The highest BCUT2D eigenvalue weighted by Crippen LogP contribution is 2.24. The van der Waals surface area contributed by atoms with E-state index in [9.17, 15) is 10.1 Å². The first-order valence-electron chi connectivity index (χ1n) is 6.10. The number of aromatic nitrogens is 2. The Morgan fingerprint density at radius 2 is 2.05 bits per heavy atom. The first-order chi connectivity index (χ1) is 10.1. The summed E-state index contributed by atoms with van der Waals surface area (Å²) in [6, 6.07) is 6.35. The molecule has 112 valence electrons. The van der Waals surface area contributed by atoms with E-state index in [0.29, 0.717) is 6.54 Å². The zero-order chi connectivity index (χ0) is 15.7. The molecule has 0 spiro atoms. The van der Waals surface area contributed by atoms with Crippen molar-refractivity contribution in [1.29, 1.82) is 0 Å². The normalized spacial score (nSPS) is 9.48. The van der Waals surface area contributed by atoms with Gasteiger partial charge in [0.2, 0.25) is 5.82 Å². The molecular formula is C13H16ClN5O2. The molecule has 0 radical (unpaired) electrons. The van der Waals surface area contributed by atoms with Gasteiger partial charge >= 0.3 is 5.69 Å². The van der Waals surface area contributed by atoms with Crippen molar-refractivity contribution in [2.24, 2.45) is 0 Å². The van der Waals surface area contributed by atoms with Crippen LogP contribution in [0.25, 0.3) is 0 Å². The Labute approximate surface area is 127 Å². The van der Waals surface area contributed by atoms with Crippen LogP contribution in [-0.2, 0) is 6.54 Å². The van der Waals surface area contributed by atoms with E-state index in [2.05, 4.69) is 20.6 Å². The van der Waals surface area contributed by atoms with Gasteiger partial charge in [-0.3, -0.25) is 15.1 Å². The van der Waals surface area contributed by atoms with Crippen molar-refractivity contribution in [1.82, 2.24) is 15.3 Å². The van der Waals surface area contributed by atoms with Crippen molar-refractivity contribution in [2.45, 2.75) is 6.54 Å². The molecule has 7 nitrogen and oxygen atoms in total. The lowest BCUT2D eigenvalue weighted by Gasteiger charge is -2.06. The summed E-state index contributed by atoms with van der Waals surface area (Å²) in [5, 5.41) is 16.6. The minimum Gasteiger partial charge on any atom is -0.360 e. The van der Waals surface area contributed by atoms with Crippen molar-refractivity contribution >= 4 is 23.1 Å². The lowest BCUT2D eigenvalue weighted by molar-refractivity contribution is -0.384. The quantitative estimate of drug-likeness (QED) is 0.512.